The Bertz CT molecular complexity index is 335. The maximum atomic E-state index is 10.3. The predicted molar refractivity (Wildman–Crippen MR) is 39.9 cm³/mol. The fourth-order valence-electron chi connectivity index (χ4n) is 1.17. The molecular formula is C6H8O8S-2. The smallest absolute Gasteiger partial charge is 0.218 e. The van der Waals surface area contributed by atoms with E-state index in [0.29, 0.717) is 0 Å². The summed E-state index contributed by atoms with van der Waals surface area (Å²) in [7, 11) is -4.95. The Kier molecular flexibility index (Phi) is 3.62. The highest BCUT2D eigenvalue weighted by molar-refractivity contribution is 7.80. The number of aliphatic carboxylic acids is 1. The molecule has 3 atom stereocenters. The molecule has 0 amide bonds. The standard InChI is InChI=1S/C6H10O8S/c7-3-1-4(6(8)9)13-2-5(3)14-15(10,11)12/h3-5,7H,1-2H2,(H,8,9)(H,10,11,12)/p-2/t3?,4?,5-/m1/s1. The summed E-state index contributed by atoms with van der Waals surface area (Å²) in [6, 6.07) is 0. The van der Waals surface area contributed by atoms with Gasteiger partial charge in [0.1, 0.15) is 6.10 Å². The Labute approximate surface area is 85.4 Å². The average molecular weight is 240 g/mol. The third-order valence-corrected chi connectivity index (χ3v) is 2.33. The average Bonchev–Trinajstić information content (AvgIpc) is 2.05. The van der Waals surface area contributed by atoms with Crippen molar-refractivity contribution in [2.24, 2.45) is 0 Å². The molecule has 0 aromatic rings. The normalized spacial score (nSPS) is 32.5. The van der Waals surface area contributed by atoms with Gasteiger partial charge in [-0.05, 0) is 0 Å². The van der Waals surface area contributed by atoms with E-state index in [2.05, 4.69) is 8.92 Å². The highest BCUT2D eigenvalue weighted by Crippen LogP contribution is 2.17. The van der Waals surface area contributed by atoms with E-state index in [4.69, 9.17) is 0 Å². The first-order valence-corrected chi connectivity index (χ1v) is 5.27. The van der Waals surface area contributed by atoms with Crippen LogP contribution in [0.3, 0.4) is 0 Å². The molecule has 1 aliphatic rings. The first-order valence-electron chi connectivity index (χ1n) is 3.94. The maximum Gasteiger partial charge on any atom is 0.218 e. The minimum absolute atomic E-state index is 0.386. The molecule has 9 heteroatoms. The first kappa shape index (κ1) is 12.3. The minimum atomic E-state index is -4.95. The van der Waals surface area contributed by atoms with Gasteiger partial charge in [0.2, 0.25) is 10.4 Å². The highest BCUT2D eigenvalue weighted by Gasteiger charge is 2.32. The number of carboxylic acids is 1. The zero-order valence-electron chi connectivity index (χ0n) is 7.36. The van der Waals surface area contributed by atoms with Gasteiger partial charge in [-0.3, -0.25) is 4.18 Å². The van der Waals surface area contributed by atoms with Crippen LogP contribution in [0.5, 0.6) is 0 Å². The summed E-state index contributed by atoms with van der Waals surface area (Å²) in [4.78, 5) is 10.3. The van der Waals surface area contributed by atoms with Gasteiger partial charge in [-0.25, -0.2) is 8.42 Å². The third kappa shape index (κ3) is 3.72. The molecule has 0 saturated carbocycles. The Morgan fingerprint density at radius 1 is 1.53 bits per heavy atom. The number of ether oxygens (including phenoxy) is 1. The fourth-order valence-corrected chi connectivity index (χ4v) is 1.66. The Balaban J connectivity index is 2.57. The number of hydrogen-bond acceptors (Lipinski definition) is 8. The van der Waals surface area contributed by atoms with Gasteiger partial charge >= 0.3 is 0 Å². The van der Waals surface area contributed by atoms with Crippen LogP contribution in [0.25, 0.3) is 0 Å². The lowest BCUT2D eigenvalue weighted by atomic mass is 10.0. The summed E-state index contributed by atoms with van der Waals surface area (Å²) >= 11 is 0. The van der Waals surface area contributed by atoms with E-state index in [9.17, 15) is 28.0 Å². The number of rotatable bonds is 3. The van der Waals surface area contributed by atoms with E-state index in [1.807, 2.05) is 0 Å². The number of aliphatic hydroxyl groups is 1. The number of hydrogen-bond donors (Lipinski definition) is 1. The second-order valence-corrected chi connectivity index (χ2v) is 4.00. The molecule has 2 unspecified atom stereocenters. The maximum absolute atomic E-state index is 10.3. The molecule has 1 saturated heterocycles. The number of aliphatic hydroxyl groups excluding tert-OH is 1. The van der Waals surface area contributed by atoms with Crippen LogP contribution in [0, 0.1) is 0 Å². The van der Waals surface area contributed by atoms with Crippen LogP contribution in [0.15, 0.2) is 0 Å². The van der Waals surface area contributed by atoms with Crippen molar-refractivity contribution in [3.8, 4) is 0 Å². The molecule has 8 nitrogen and oxygen atoms in total. The lowest BCUT2D eigenvalue weighted by Crippen LogP contribution is -2.50. The Morgan fingerprint density at radius 3 is 2.53 bits per heavy atom. The highest BCUT2D eigenvalue weighted by atomic mass is 32.3. The molecule has 15 heavy (non-hydrogen) atoms. The SMILES string of the molecule is O=C([O-])C1CC(O)[C@H](OS(=O)(=O)[O-])CO1. The Morgan fingerprint density at radius 2 is 2.13 bits per heavy atom. The van der Waals surface area contributed by atoms with Crippen molar-refractivity contribution in [3.63, 3.8) is 0 Å². The van der Waals surface area contributed by atoms with Crippen molar-refractivity contribution in [3.05, 3.63) is 0 Å². The molecular weight excluding hydrogens is 232 g/mol. The first-order chi connectivity index (χ1) is 6.79. The van der Waals surface area contributed by atoms with Gasteiger partial charge in [0.15, 0.2) is 0 Å². The van der Waals surface area contributed by atoms with Gasteiger partial charge in [-0.1, -0.05) is 0 Å². The lowest BCUT2D eigenvalue weighted by Gasteiger charge is -2.33. The van der Waals surface area contributed by atoms with Crippen molar-refractivity contribution in [1.29, 1.82) is 0 Å². The fraction of sp³-hybridized carbons (Fsp3) is 0.833. The van der Waals surface area contributed by atoms with Crippen LogP contribution >= 0.6 is 0 Å². The number of carbonyl (C=O) groups excluding carboxylic acids is 1. The van der Waals surface area contributed by atoms with Crippen LogP contribution in [0.1, 0.15) is 6.42 Å². The Hall–Kier alpha value is -0.740. The van der Waals surface area contributed by atoms with Gasteiger partial charge in [0.25, 0.3) is 0 Å². The topological polar surface area (TPSA) is 136 Å². The van der Waals surface area contributed by atoms with E-state index in [-0.39, 0.29) is 6.42 Å². The molecule has 1 fully saturated rings. The van der Waals surface area contributed by atoms with Crippen LogP contribution in [-0.4, -0.2) is 49.0 Å². The van der Waals surface area contributed by atoms with E-state index >= 15 is 0 Å². The van der Waals surface area contributed by atoms with Crippen molar-refractivity contribution in [1.82, 2.24) is 0 Å². The molecule has 0 aromatic heterocycles. The second kappa shape index (κ2) is 4.41. The largest absolute Gasteiger partial charge is 0.726 e. The molecule has 1 N–H and O–H groups in total. The summed E-state index contributed by atoms with van der Waals surface area (Å²) in [5.74, 6) is -1.52. The predicted octanol–water partition coefficient (Wildman–Crippen LogP) is -3.27. The molecule has 0 bridgehead atoms. The van der Waals surface area contributed by atoms with Gasteiger partial charge in [-0.2, -0.15) is 0 Å². The third-order valence-electron chi connectivity index (χ3n) is 1.85. The van der Waals surface area contributed by atoms with Crippen LogP contribution in [0.4, 0.5) is 0 Å². The second-order valence-electron chi connectivity index (χ2n) is 2.99. The van der Waals surface area contributed by atoms with Crippen molar-refractivity contribution >= 4 is 16.4 Å². The molecule has 1 heterocycles. The summed E-state index contributed by atoms with van der Waals surface area (Å²) in [6.07, 6.45) is -4.48. The lowest BCUT2D eigenvalue weighted by molar-refractivity contribution is -0.320. The number of carboxylic acid groups (broad SMARTS) is 1. The molecule has 0 spiro atoms. The monoisotopic (exact) mass is 240 g/mol. The van der Waals surface area contributed by atoms with Crippen LogP contribution in [0.2, 0.25) is 0 Å². The zero-order valence-corrected chi connectivity index (χ0v) is 8.18. The summed E-state index contributed by atoms with van der Waals surface area (Å²) < 4.78 is 39.1. The van der Waals surface area contributed by atoms with Crippen molar-refractivity contribution in [2.45, 2.75) is 24.7 Å². The molecule has 0 radical (unpaired) electrons. The minimum Gasteiger partial charge on any atom is -0.726 e. The quantitative estimate of drug-likeness (QED) is 0.400. The molecule has 0 aromatic carbocycles. The van der Waals surface area contributed by atoms with Crippen molar-refractivity contribution < 1.29 is 36.9 Å². The zero-order chi connectivity index (χ0) is 11.6. The van der Waals surface area contributed by atoms with Gasteiger partial charge in [-0.15, -0.1) is 0 Å². The van der Waals surface area contributed by atoms with E-state index in [0.717, 1.165) is 0 Å². The van der Waals surface area contributed by atoms with Crippen LogP contribution < -0.4 is 5.11 Å². The molecule has 88 valence electrons. The summed E-state index contributed by atoms with van der Waals surface area (Å²) in [6.45, 7) is -0.499. The number of carbonyl (C=O) groups is 1. The molecule has 0 aliphatic carbocycles. The summed E-state index contributed by atoms with van der Waals surface area (Å²) in [5, 5.41) is 19.6. The molecule has 1 rings (SSSR count). The van der Waals surface area contributed by atoms with Gasteiger partial charge < -0.3 is 24.3 Å². The van der Waals surface area contributed by atoms with E-state index in [1.54, 1.807) is 0 Å². The van der Waals surface area contributed by atoms with Crippen LogP contribution in [-0.2, 0) is 24.1 Å². The summed E-state index contributed by atoms with van der Waals surface area (Å²) in [5.41, 5.74) is 0. The van der Waals surface area contributed by atoms with Gasteiger partial charge in [0.05, 0.1) is 24.8 Å². The molecule has 1 aliphatic heterocycles. The van der Waals surface area contributed by atoms with Crippen molar-refractivity contribution in [2.75, 3.05) is 6.61 Å². The van der Waals surface area contributed by atoms with Gasteiger partial charge in [0, 0.05) is 6.42 Å². The van der Waals surface area contributed by atoms with E-state index in [1.165, 1.54) is 0 Å². The van der Waals surface area contributed by atoms with E-state index < -0.39 is 41.3 Å².